The molecule has 0 saturated carbocycles. The van der Waals surface area contributed by atoms with E-state index in [1.807, 2.05) is 0 Å². The summed E-state index contributed by atoms with van der Waals surface area (Å²) in [4.78, 5) is 28.1. The fraction of sp³-hybridized carbons (Fsp3) is 0.400. The Labute approximate surface area is 163 Å². The van der Waals surface area contributed by atoms with Crippen LogP contribution in [-0.2, 0) is 4.74 Å². The smallest absolute Gasteiger partial charge is 0.414 e. The number of anilines is 1. The van der Waals surface area contributed by atoms with Crippen molar-refractivity contribution in [3.05, 3.63) is 52.2 Å². The van der Waals surface area contributed by atoms with Crippen molar-refractivity contribution >= 4 is 29.0 Å². The summed E-state index contributed by atoms with van der Waals surface area (Å²) in [6.07, 6.45) is -0.343. The number of benzene rings is 1. The lowest BCUT2D eigenvalue weighted by molar-refractivity contribution is 0.0935. The SMILES string of the molecule is CCN(CC)C(CNC(=O)c1ccc(N2CCOC2=O)cc1)c1ccsc1. The molecule has 1 atom stereocenters. The van der Waals surface area contributed by atoms with Crippen LogP contribution in [0.2, 0.25) is 0 Å². The molecule has 7 heteroatoms. The number of nitrogens with zero attached hydrogens (tertiary/aromatic N) is 2. The number of likely N-dealkylation sites (N-methyl/N-ethyl adjacent to an activating group) is 1. The maximum Gasteiger partial charge on any atom is 0.414 e. The first-order valence-electron chi connectivity index (χ1n) is 9.22. The summed E-state index contributed by atoms with van der Waals surface area (Å²) >= 11 is 1.67. The normalized spacial score (nSPS) is 15.1. The molecule has 1 aliphatic heterocycles. The van der Waals surface area contributed by atoms with Crippen LogP contribution >= 0.6 is 11.3 Å². The van der Waals surface area contributed by atoms with Crippen LogP contribution < -0.4 is 10.2 Å². The molecule has 1 aromatic heterocycles. The zero-order valence-electron chi connectivity index (χ0n) is 15.7. The van der Waals surface area contributed by atoms with Crippen LogP contribution in [0.4, 0.5) is 10.5 Å². The largest absolute Gasteiger partial charge is 0.447 e. The Morgan fingerprint density at radius 2 is 2.00 bits per heavy atom. The molecule has 27 heavy (non-hydrogen) atoms. The van der Waals surface area contributed by atoms with Gasteiger partial charge in [0.1, 0.15) is 6.61 Å². The highest BCUT2D eigenvalue weighted by Gasteiger charge is 2.24. The van der Waals surface area contributed by atoms with Crippen molar-refractivity contribution in [2.45, 2.75) is 19.9 Å². The van der Waals surface area contributed by atoms with E-state index >= 15 is 0 Å². The highest BCUT2D eigenvalue weighted by atomic mass is 32.1. The lowest BCUT2D eigenvalue weighted by Gasteiger charge is -2.29. The minimum Gasteiger partial charge on any atom is -0.447 e. The zero-order valence-corrected chi connectivity index (χ0v) is 16.5. The van der Waals surface area contributed by atoms with Gasteiger partial charge in [-0.25, -0.2) is 4.79 Å². The fourth-order valence-electron chi connectivity index (χ4n) is 3.30. The maximum absolute atomic E-state index is 12.6. The molecule has 0 aliphatic carbocycles. The Balaban J connectivity index is 1.64. The van der Waals surface area contributed by atoms with Crippen molar-refractivity contribution in [3.63, 3.8) is 0 Å². The molecule has 6 nitrogen and oxygen atoms in total. The van der Waals surface area contributed by atoms with Crippen molar-refractivity contribution in [2.75, 3.05) is 37.7 Å². The molecule has 0 spiro atoms. The molecule has 0 bridgehead atoms. The molecule has 1 N–H and O–H groups in total. The van der Waals surface area contributed by atoms with Crippen LogP contribution in [0.5, 0.6) is 0 Å². The number of cyclic esters (lactones) is 1. The molecule has 2 amide bonds. The number of nitrogens with one attached hydrogen (secondary N) is 1. The lowest BCUT2D eigenvalue weighted by atomic mass is 10.1. The molecular formula is C20H25N3O3S. The van der Waals surface area contributed by atoms with Crippen LogP contribution in [0, 0.1) is 0 Å². The third-order valence-electron chi connectivity index (χ3n) is 4.84. The lowest BCUT2D eigenvalue weighted by Crippen LogP contribution is -2.37. The number of carbonyl (C=O) groups is 2. The van der Waals surface area contributed by atoms with Gasteiger partial charge in [-0.1, -0.05) is 13.8 Å². The Hall–Kier alpha value is -2.38. The summed E-state index contributed by atoms with van der Waals surface area (Å²) in [5.74, 6) is -0.113. The monoisotopic (exact) mass is 387 g/mol. The second-order valence-electron chi connectivity index (χ2n) is 6.32. The first-order chi connectivity index (χ1) is 13.1. The van der Waals surface area contributed by atoms with Gasteiger partial charge in [0.25, 0.3) is 5.91 Å². The van der Waals surface area contributed by atoms with E-state index in [0.29, 0.717) is 25.3 Å². The van der Waals surface area contributed by atoms with E-state index in [4.69, 9.17) is 4.74 Å². The van der Waals surface area contributed by atoms with Crippen LogP contribution in [0.1, 0.15) is 35.8 Å². The fourth-order valence-corrected chi connectivity index (χ4v) is 4.01. The van der Waals surface area contributed by atoms with E-state index in [2.05, 4.69) is 40.9 Å². The molecule has 1 fully saturated rings. The maximum atomic E-state index is 12.6. The van der Waals surface area contributed by atoms with Gasteiger partial charge >= 0.3 is 6.09 Å². The molecule has 3 rings (SSSR count). The van der Waals surface area contributed by atoms with E-state index in [1.165, 1.54) is 5.56 Å². The predicted molar refractivity (Wildman–Crippen MR) is 107 cm³/mol. The van der Waals surface area contributed by atoms with Gasteiger partial charge in [-0.2, -0.15) is 11.3 Å². The number of carbonyl (C=O) groups excluding carboxylic acids is 2. The molecule has 1 aromatic carbocycles. The van der Waals surface area contributed by atoms with Crippen molar-refractivity contribution in [1.82, 2.24) is 10.2 Å². The van der Waals surface area contributed by atoms with Crippen molar-refractivity contribution < 1.29 is 14.3 Å². The van der Waals surface area contributed by atoms with Gasteiger partial charge in [0.05, 0.1) is 12.6 Å². The van der Waals surface area contributed by atoms with Crippen LogP contribution in [0.25, 0.3) is 0 Å². The summed E-state index contributed by atoms with van der Waals surface area (Å²) in [7, 11) is 0. The molecule has 2 heterocycles. The van der Waals surface area contributed by atoms with Gasteiger partial charge in [0.2, 0.25) is 0 Å². The molecule has 144 valence electrons. The van der Waals surface area contributed by atoms with Gasteiger partial charge in [0, 0.05) is 17.8 Å². The quantitative estimate of drug-likeness (QED) is 0.753. The average Bonchev–Trinajstić information content (AvgIpc) is 3.37. The van der Waals surface area contributed by atoms with Gasteiger partial charge in [-0.3, -0.25) is 14.6 Å². The van der Waals surface area contributed by atoms with Crippen molar-refractivity contribution in [1.29, 1.82) is 0 Å². The summed E-state index contributed by atoms with van der Waals surface area (Å²) in [6, 6.07) is 9.32. The van der Waals surface area contributed by atoms with E-state index in [0.717, 1.165) is 18.8 Å². The van der Waals surface area contributed by atoms with E-state index in [1.54, 1.807) is 40.5 Å². The highest BCUT2D eigenvalue weighted by Crippen LogP contribution is 2.23. The molecule has 1 unspecified atom stereocenters. The molecule has 0 radical (unpaired) electrons. The molecule has 1 aliphatic rings. The number of rotatable bonds is 8. The first kappa shape index (κ1) is 19.4. The summed E-state index contributed by atoms with van der Waals surface area (Å²) in [5.41, 5.74) is 2.55. The van der Waals surface area contributed by atoms with E-state index in [9.17, 15) is 9.59 Å². The molecule has 2 aromatic rings. The third kappa shape index (κ3) is 4.48. The zero-order chi connectivity index (χ0) is 19.2. The first-order valence-corrected chi connectivity index (χ1v) is 10.2. The standard InChI is InChI=1S/C20H25N3O3S/c1-3-22(4-2)18(16-9-12-27-14-16)13-21-19(24)15-5-7-17(8-6-15)23-10-11-26-20(23)25/h5-9,12,14,18H,3-4,10-11,13H2,1-2H3,(H,21,24). The second-order valence-corrected chi connectivity index (χ2v) is 7.10. The third-order valence-corrected chi connectivity index (χ3v) is 5.54. The number of hydrogen-bond donors (Lipinski definition) is 1. The van der Waals surface area contributed by atoms with E-state index in [-0.39, 0.29) is 18.0 Å². The topological polar surface area (TPSA) is 61.9 Å². The summed E-state index contributed by atoms with van der Waals surface area (Å²) in [5, 5.41) is 7.26. The van der Waals surface area contributed by atoms with Crippen molar-refractivity contribution in [3.8, 4) is 0 Å². The molecular weight excluding hydrogens is 362 g/mol. The van der Waals surface area contributed by atoms with Crippen LogP contribution in [-0.4, -0.2) is 49.7 Å². The minimum absolute atomic E-state index is 0.113. The Morgan fingerprint density at radius 1 is 1.26 bits per heavy atom. The molecule has 1 saturated heterocycles. The van der Waals surface area contributed by atoms with Crippen LogP contribution in [0.3, 0.4) is 0 Å². The minimum atomic E-state index is -0.343. The number of ether oxygens (including phenoxy) is 1. The van der Waals surface area contributed by atoms with Crippen molar-refractivity contribution in [2.24, 2.45) is 0 Å². The number of thiophene rings is 1. The highest BCUT2D eigenvalue weighted by molar-refractivity contribution is 7.07. The Bertz CT molecular complexity index is 757. The van der Waals surface area contributed by atoms with Crippen LogP contribution in [0.15, 0.2) is 41.1 Å². The number of hydrogen-bond acceptors (Lipinski definition) is 5. The Morgan fingerprint density at radius 3 is 2.56 bits per heavy atom. The van der Waals surface area contributed by atoms with E-state index < -0.39 is 0 Å². The van der Waals surface area contributed by atoms with Gasteiger partial charge in [-0.15, -0.1) is 0 Å². The Kier molecular flexibility index (Phi) is 6.47. The summed E-state index contributed by atoms with van der Waals surface area (Å²) < 4.78 is 4.95. The van der Waals surface area contributed by atoms with Gasteiger partial charge in [-0.05, 0) is 59.7 Å². The van der Waals surface area contributed by atoms with Gasteiger partial charge < -0.3 is 10.1 Å². The number of amides is 2. The van der Waals surface area contributed by atoms with Gasteiger partial charge in [0.15, 0.2) is 0 Å². The second kappa shape index (κ2) is 9.01. The average molecular weight is 388 g/mol. The predicted octanol–water partition coefficient (Wildman–Crippen LogP) is 3.52. The summed E-state index contributed by atoms with van der Waals surface area (Å²) in [6.45, 7) is 7.60.